The highest BCUT2D eigenvalue weighted by Gasteiger charge is 2.74. The van der Waals surface area contributed by atoms with Crippen molar-refractivity contribution in [1.82, 2.24) is 19.7 Å². The molecule has 13 heteroatoms. The Kier molecular flexibility index (Phi) is 3.71. The number of nitrogens with two attached hydrogens (primary N) is 1. The van der Waals surface area contributed by atoms with Gasteiger partial charge in [0.2, 0.25) is 11.4 Å². The van der Waals surface area contributed by atoms with Crippen molar-refractivity contribution in [2.45, 2.75) is 24.0 Å². The van der Waals surface area contributed by atoms with Gasteiger partial charge in [0.05, 0.1) is 6.61 Å². The van der Waals surface area contributed by atoms with Crippen LogP contribution in [0.2, 0.25) is 0 Å². The largest absolute Gasteiger partial charge is 0.393 e. The lowest BCUT2D eigenvalue weighted by atomic mass is 9.89. The second-order valence-corrected chi connectivity index (χ2v) is 6.00. The molecule has 3 aliphatic heterocycles. The molecule has 0 amide bonds. The van der Waals surface area contributed by atoms with Crippen molar-refractivity contribution in [2.75, 3.05) is 37.3 Å². The Bertz CT molecular complexity index is 722. The summed E-state index contributed by atoms with van der Waals surface area (Å²) in [7, 11) is 0. The van der Waals surface area contributed by atoms with Gasteiger partial charge in [0, 0.05) is 19.3 Å². The molecule has 1 aromatic heterocycles. The predicted molar refractivity (Wildman–Crippen MR) is 77.6 cm³/mol. The van der Waals surface area contributed by atoms with Gasteiger partial charge >= 0.3 is 5.69 Å². The van der Waals surface area contributed by atoms with Crippen molar-refractivity contribution in [3.63, 3.8) is 0 Å². The molecule has 138 valence electrons. The first kappa shape index (κ1) is 16.6. The van der Waals surface area contributed by atoms with Crippen LogP contribution >= 0.6 is 0 Å². The fourth-order valence-electron chi connectivity index (χ4n) is 3.13. The maximum atomic E-state index is 12.0. The van der Waals surface area contributed by atoms with E-state index in [0.717, 1.165) is 11.1 Å². The van der Waals surface area contributed by atoms with E-state index in [-0.39, 0.29) is 17.6 Å². The lowest BCUT2D eigenvalue weighted by molar-refractivity contribution is -0.564. The molecule has 0 aliphatic carbocycles. The van der Waals surface area contributed by atoms with Gasteiger partial charge in [0.1, 0.15) is 12.4 Å². The normalized spacial score (nSPS) is 36.3. The number of hydrazine groups is 1. The molecule has 4 rings (SSSR count). The first-order valence-electron chi connectivity index (χ1n) is 7.64. The Labute approximate surface area is 140 Å². The summed E-state index contributed by atoms with van der Waals surface area (Å²) in [6.45, 7) is 0.464. The first-order valence-corrected chi connectivity index (χ1v) is 7.64. The summed E-state index contributed by atoms with van der Waals surface area (Å²) in [6.07, 6.45) is 0.733. The van der Waals surface area contributed by atoms with E-state index in [9.17, 15) is 20.2 Å². The number of aliphatic hydroxyl groups excluding tert-OH is 1. The summed E-state index contributed by atoms with van der Waals surface area (Å²) >= 11 is 0. The molecule has 3 saturated heterocycles. The van der Waals surface area contributed by atoms with Crippen molar-refractivity contribution in [1.29, 1.82) is 0 Å². The number of hydrogen-bond acceptors (Lipinski definition) is 12. The minimum atomic E-state index is -2.25. The van der Waals surface area contributed by atoms with Crippen LogP contribution in [-0.4, -0.2) is 79.0 Å². The molecule has 0 bridgehead atoms. The van der Waals surface area contributed by atoms with E-state index in [1.807, 2.05) is 0 Å². The number of nitrogen functional groups attached to an aromatic ring is 1. The number of nitrogens with zero attached hydrogens (tertiary/aromatic N) is 5. The molecule has 0 saturated carbocycles. The van der Waals surface area contributed by atoms with Gasteiger partial charge in [-0.3, -0.25) is 10.1 Å². The fourth-order valence-corrected chi connectivity index (χ4v) is 3.13. The van der Waals surface area contributed by atoms with Gasteiger partial charge in [-0.1, -0.05) is 5.28 Å². The molecule has 1 aromatic rings. The standard InChI is InChI=1S/C12H18N6O7/c13-9-2-5-16(10(20)14-9)18-17(22)12(21,8(6-19)24-18)11(7-23-25-11)15-3-1-4-15/h2,5,8,19,21-22H,1,3-4,6-7H2,(H2,13,14,20)/t8-,11?,12+/m1/s1. The molecular formula is C12H18N6O7. The minimum Gasteiger partial charge on any atom is -0.393 e. The third kappa shape index (κ3) is 2.06. The number of aromatic nitrogens is 2. The number of aliphatic hydroxyl groups is 2. The van der Waals surface area contributed by atoms with Crippen LogP contribution in [0.3, 0.4) is 0 Å². The molecule has 0 aromatic carbocycles. The zero-order valence-electron chi connectivity index (χ0n) is 13.1. The third-order valence-electron chi connectivity index (χ3n) is 4.69. The average Bonchev–Trinajstić information content (AvgIpc) is 2.74. The molecule has 3 atom stereocenters. The van der Waals surface area contributed by atoms with Crippen LogP contribution in [0.5, 0.6) is 0 Å². The number of hydroxylamine groups is 1. The highest BCUT2D eigenvalue weighted by Crippen LogP contribution is 2.46. The topological polar surface area (TPSA) is 159 Å². The highest BCUT2D eigenvalue weighted by atomic mass is 17.3. The third-order valence-corrected chi connectivity index (χ3v) is 4.69. The Hall–Kier alpha value is -1.84. The predicted octanol–water partition coefficient (Wildman–Crippen LogP) is -3.27. The van der Waals surface area contributed by atoms with Gasteiger partial charge < -0.3 is 15.9 Å². The van der Waals surface area contributed by atoms with E-state index in [0.29, 0.717) is 18.4 Å². The minimum absolute atomic E-state index is 0.0216. The van der Waals surface area contributed by atoms with E-state index < -0.39 is 29.9 Å². The summed E-state index contributed by atoms with van der Waals surface area (Å²) < 4.78 is 0.778. The smallest absolute Gasteiger partial charge is 0.371 e. The van der Waals surface area contributed by atoms with E-state index in [1.165, 1.54) is 12.3 Å². The zero-order valence-corrected chi connectivity index (χ0v) is 13.1. The average molecular weight is 358 g/mol. The summed E-state index contributed by atoms with van der Waals surface area (Å²) in [5.41, 5.74) is 0.869. The Morgan fingerprint density at radius 1 is 1.44 bits per heavy atom. The van der Waals surface area contributed by atoms with Crippen molar-refractivity contribution >= 4 is 5.82 Å². The summed E-state index contributed by atoms with van der Waals surface area (Å²) in [6, 6.07) is 1.30. The number of rotatable bonds is 4. The number of likely N-dealkylation sites (tertiary alicyclic amines) is 1. The Balaban J connectivity index is 1.74. The maximum Gasteiger partial charge on any atom is 0.371 e. The maximum absolute atomic E-state index is 12.0. The molecular weight excluding hydrogens is 340 g/mol. The van der Waals surface area contributed by atoms with Crippen LogP contribution in [0.25, 0.3) is 0 Å². The second-order valence-electron chi connectivity index (χ2n) is 6.00. The van der Waals surface area contributed by atoms with Crippen LogP contribution in [-0.2, 0) is 14.6 Å². The molecule has 0 spiro atoms. The highest BCUT2D eigenvalue weighted by molar-refractivity contribution is 5.24. The Morgan fingerprint density at radius 3 is 2.64 bits per heavy atom. The van der Waals surface area contributed by atoms with Crippen molar-refractivity contribution < 1.29 is 30.0 Å². The SMILES string of the molecule is Nc1ccn(N2O[C@H](CO)[C@](O)(C3(N4CCC4)COO3)N2O)c(=O)n1. The van der Waals surface area contributed by atoms with E-state index in [4.69, 9.17) is 20.3 Å². The van der Waals surface area contributed by atoms with Gasteiger partial charge in [-0.05, 0) is 17.7 Å². The van der Waals surface area contributed by atoms with Gasteiger partial charge in [-0.25, -0.2) is 19.4 Å². The van der Waals surface area contributed by atoms with Crippen LogP contribution < -0.4 is 16.7 Å². The van der Waals surface area contributed by atoms with Crippen molar-refractivity contribution in [2.24, 2.45) is 0 Å². The molecule has 13 nitrogen and oxygen atoms in total. The van der Waals surface area contributed by atoms with Crippen molar-refractivity contribution in [3.8, 4) is 0 Å². The van der Waals surface area contributed by atoms with Crippen LogP contribution in [0.1, 0.15) is 6.42 Å². The molecule has 3 aliphatic rings. The second kappa shape index (κ2) is 5.58. The first-order chi connectivity index (χ1) is 11.9. The fraction of sp³-hybridized carbons (Fsp3) is 0.667. The molecule has 0 radical (unpaired) electrons. The lowest BCUT2D eigenvalue weighted by Crippen LogP contribution is -2.82. The summed E-state index contributed by atoms with van der Waals surface area (Å²) in [5, 5.41) is 32.4. The zero-order chi connectivity index (χ0) is 17.8. The van der Waals surface area contributed by atoms with Gasteiger partial charge in [-0.2, -0.15) is 9.66 Å². The molecule has 5 N–H and O–H groups in total. The van der Waals surface area contributed by atoms with Crippen molar-refractivity contribution in [3.05, 3.63) is 22.7 Å². The molecule has 4 heterocycles. The number of anilines is 1. The molecule has 1 unspecified atom stereocenters. The Morgan fingerprint density at radius 2 is 2.16 bits per heavy atom. The number of hydrogen-bond donors (Lipinski definition) is 4. The summed E-state index contributed by atoms with van der Waals surface area (Å²) in [4.78, 5) is 32.6. The molecule has 25 heavy (non-hydrogen) atoms. The van der Waals surface area contributed by atoms with Crippen LogP contribution in [0.15, 0.2) is 17.1 Å². The van der Waals surface area contributed by atoms with E-state index in [1.54, 1.807) is 4.90 Å². The summed E-state index contributed by atoms with van der Waals surface area (Å²) in [5.74, 6) is -0.0216. The lowest BCUT2D eigenvalue weighted by Gasteiger charge is -2.57. The monoisotopic (exact) mass is 358 g/mol. The van der Waals surface area contributed by atoms with Gasteiger partial charge in [0.25, 0.3) is 0 Å². The quantitative estimate of drug-likeness (QED) is 0.398. The van der Waals surface area contributed by atoms with Crippen LogP contribution in [0, 0.1) is 0 Å². The van der Waals surface area contributed by atoms with Gasteiger partial charge in [0.15, 0.2) is 6.10 Å². The van der Waals surface area contributed by atoms with Crippen LogP contribution in [0.4, 0.5) is 5.82 Å². The van der Waals surface area contributed by atoms with E-state index >= 15 is 0 Å². The van der Waals surface area contributed by atoms with E-state index in [2.05, 4.69) is 4.98 Å². The molecule has 3 fully saturated rings. The van der Waals surface area contributed by atoms with Gasteiger partial charge in [-0.15, -0.1) is 0 Å².